The highest BCUT2D eigenvalue weighted by Crippen LogP contribution is 2.15. The molecule has 0 aliphatic carbocycles. The van der Waals surface area contributed by atoms with Crippen LogP contribution in [0.2, 0.25) is 0 Å². The van der Waals surface area contributed by atoms with Gasteiger partial charge in [-0.3, -0.25) is 0 Å². The molecule has 0 saturated carbocycles. The Hall–Kier alpha value is -4.38. The molecule has 0 atom stereocenters. The van der Waals surface area contributed by atoms with Crippen molar-refractivity contribution >= 4 is 46.2 Å². The van der Waals surface area contributed by atoms with E-state index >= 15 is 0 Å². The molecule has 0 saturated heterocycles. The van der Waals surface area contributed by atoms with Gasteiger partial charge in [-0.1, -0.05) is 22.7 Å². The molecule has 0 aliphatic rings. The number of nitrogens with two attached hydrogens (primary N) is 2. The van der Waals surface area contributed by atoms with Crippen molar-refractivity contribution in [1.82, 2.24) is 19.9 Å². The van der Waals surface area contributed by atoms with Gasteiger partial charge in [-0.05, 0) is 13.8 Å². The highest BCUT2D eigenvalue weighted by molar-refractivity contribution is 7.09. The van der Waals surface area contributed by atoms with Crippen LogP contribution in [0.4, 0.5) is 11.6 Å². The van der Waals surface area contributed by atoms with Crippen LogP contribution in [0.25, 0.3) is 0 Å². The summed E-state index contributed by atoms with van der Waals surface area (Å²) in [4.78, 5) is 38.2. The van der Waals surface area contributed by atoms with Gasteiger partial charge in [-0.2, -0.15) is 9.13 Å². The third kappa shape index (κ3) is 11.4. The number of aromatic nitrogens is 6. The first-order valence-electron chi connectivity index (χ1n) is 13.3. The molecule has 0 bridgehead atoms. The van der Waals surface area contributed by atoms with Crippen molar-refractivity contribution in [3.05, 3.63) is 79.5 Å². The lowest BCUT2D eigenvalue weighted by atomic mass is 10.2. The third-order valence-electron chi connectivity index (χ3n) is 6.08. The molecule has 0 spiro atoms. The van der Waals surface area contributed by atoms with Gasteiger partial charge < -0.3 is 31.9 Å². The molecule has 4 rings (SSSR count). The number of carboxylic acid groups (broad SMARTS) is 2. The second-order valence-electron chi connectivity index (χ2n) is 9.33. The predicted octanol–water partition coefficient (Wildman–Crippen LogP) is 0.927. The van der Waals surface area contributed by atoms with Crippen LogP contribution < -0.4 is 20.6 Å². The number of nitrogens with zero attached hydrogens (tertiary/aromatic N) is 6. The van der Waals surface area contributed by atoms with Gasteiger partial charge in [0.25, 0.3) is 0 Å². The molecule has 4 aromatic heterocycles. The third-order valence-corrected chi connectivity index (χ3v) is 8.37. The number of aryl methyl sites for hydroxylation is 2. The number of aliphatic hydroxyl groups is 2. The zero-order valence-corrected chi connectivity index (χ0v) is 26.6. The van der Waals surface area contributed by atoms with Crippen LogP contribution in [0.1, 0.15) is 43.9 Å². The Bertz CT molecular complexity index is 1470. The van der Waals surface area contributed by atoms with Gasteiger partial charge in [-0.25, -0.2) is 29.5 Å². The highest BCUT2D eigenvalue weighted by atomic mass is 32.1. The van der Waals surface area contributed by atoms with E-state index in [1.54, 1.807) is 35.1 Å². The van der Waals surface area contributed by atoms with Crippen molar-refractivity contribution in [3.63, 3.8) is 0 Å². The molecule has 16 heteroatoms. The summed E-state index contributed by atoms with van der Waals surface area (Å²) in [5.74, 6) is -0.0815. The van der Waals surface area contributed by atoms with Gasteiger partial charge in [0.1, 0.15) is 23.3 Å². The minimum absolute atomic E-state index is 0.178. The van der Waals surface area contributed by atoms with E-state index in [0.717, 1.165) is 22.5 Å². The Morgan fingerprint density at radius 2 is 1.11 bits per heavy atom. The molecule has 44 heavy (non-hydrogen) atoms. The summed E-state index contributed by atoms with van der Waals surface area (Å²) in [7, 11) is 0. The predicted molar refractivity (Wildman–Crippen MR) is 165 cm³/mol. The average molecular weight is 647 g/mol. The van der Waals surface area contributed by atoms with Gasteiger partial charge in [0.2, 0.25) is 11.0 Å². The van der Waals surface area contributed by atoms with E-state index < -0.39 is 11.9 Å². The number of anilines is 2. The van der Waals surface area contributed by atoms with Crippen LogP contribution in [0, 0.1) is 27.7 Å². The van der Waals surface area contributed by atoms with Crippen LogP contribution in [0.5, 0.6) is 0 Å². The Morgan fingerprint density at radius 1 is 0.750 bits per heavy atom. The molecule has 14 nitrogen and oxygen atoms in total. The largest absolute Gasteiger partial charge is 0.478 e. The van der Waals surface area contributed by atoms with E-state index in [1.807, 2.05) is 38.7 Å². The summed E-state index contributed by atoms with van der Waals surface area (Å²) in [5.41, 5.74) is 20.0. The average Bonchev–Trinajstić information content (AvgIpc) is 3.48. The quantitative estimate of drug-likeness (QED) is 0.104. The van der Waals surface area contributed by atoms with E-state index in [9.17, 15) is 9.59 Å². The lowest BCUT2D eigenvalue weighted by molar-refractivity contribution is -0.689. The maximum Gasteiger partial charge on any atom is 0.328 e. The number of hydrogen-bond acceptors (Lipinski definition) is 12. The molecule has 0 amide bonds. The standard InChI is InChI=1S/2C12H17N4OS.C4H4O4/c2*1-8-11(3-4-17)18-7-16(8)6-10-5-14-9(2)15-12(10)13;5-3(6)1-2-4(7)8/h2*5,7,17H,3-4,6H2,1-2H3,(H2,13,14,15);1-2H,(H,5,6)(H,7,8)/q2*+1;/b;;2-1-. The molecule has 4 heterocycles. The molecule has 236 valence electrons. The lowest BCUT2D eigenvalue weighted by Gasteiger charge is -2.01. The summed E-state index contributed by atoms with van der Waals surface area (Å²) in [6, 6.07) is 0. The first-order chi connectivity index (χ1) is 20.9. The van der Waals surface area contributed by atoms with Crippen LogP contribution in [0.3, 0.4) is 0 Å². The number of carboxylic acids is 2. The topological polar surface area (TPSA) is 226 Å². The van der Waals surface area contributed by atoms with Crippen molar-refractivity contribution in [1.29, 1.82) is 0 Å². The molecule has 8 N–H and O–H groups in total. The molecule has 4 aromatic rings. The van der Waals surface area contributed by atoms with Gasteiger partial charge in [-0.15, -0.1) is 0 Å². The zero-order valence-electron chi connectivity index (χ0n) is 25.0. The number of aliphatic hydroxyl groups excluding tert-OH is 2. The lowest BCUT2D eigenvalue weighted by Crippen LogP contribution is -2.35. The molecular weight excluding hydrogens is 608 g/mol. The summed E-state index contributed by atoms with van der Waals surface area (Å²) in [6.07, 6.45) is 6.05. The molecule has 0 unspecified atom stereocenters. The molecule has 0 fully saturated rings. The van der Waals surface area contributed by atoms with Crippen molar-refractivity contribution in [2.45, 2.75) is 53.6 Å². The van der Waals surface area contributed by atoms with Crippen LogP contribution in [-0.4, -0.2) is 65.5 Å². The van der Waals surface area contributed by atoms with E-state index in [-0.39, 0.29) is 13.2 Å². The molecule has 0 aliphatic heterocycles. The van der Waals surface area contributed by atoms with Gasteiger partial charge in [0.05, 0.1) is 20.9 Å². The van der Waals surface area contributed by atoms with Crippen molar-refractivity contribution < 1.29 is 39.1 Å². The minimum atomic E-state index is -1.26. The fourth-order valence-electron chi connectivity index (χ4n) is 3.68. The normalized spacial score (nSPS) is 10.6. The smallest absolute Gasteiger partial charge is 0.328 e. The van der Waals surface area contributed by atoms with Gasteiger partial charge in [0, 0.05) is 64.4 Å². The Labute approximate surface area is 262 Å². The highest BCUT2D eigenvalue weighted by Gasteiger charge is 2.18. The summed E-state index contributed by atoms with van der Waals surface area (Å²) in [6.45, 7) is 9.43. The number of carbonyl (C=O) groups is 2. The number of aliphatic carboxylic acids is 2. The summed E-state index contributed by atoms with van der Waals surface area (Å²) >= 11 is 3.30. The summed E-state index contributed by atoms with van der Waals surface area (Å²) in [5, 5.41) is 33.6. The molecule has 0 aromatic carbocycles. The fraction of sp³-hybridized carbons (Fsp3) is 0.357. The van der Waals surface area contributed by atoms with E-state index in [2.05, 4.69) is 29.1 Å². The number of rotatable bonds is 10. The zero-order chi connectivity index (χ0) is 32.8. The van der Waals surface area contributed by atoms with Crippen molar-refractivity contribution in [2.24, 2.45) is 0 Å². The Morgan fingerprint density at radius 3 is 1.41 bits per heavy atom. The van der Waals surface area contributed by atoms with Crippen LogP contribution in [0.15, 0.2) is 35.6 Å². The minimum Gasteiger partial charge on any atom is -0.478 e. The summed E-state index contributed by atoms with van der Waals surface area (Å²) < 4.78 is 4.22. The first kappa shape index (κ1) is 35.8. The van der Waals surface area contributed by atoms with Gasteiger partial charge >= 0.3 is 11.9 Å². The van der Waals surface area contributed by atoms with Gasteiger partial charge in [0.15, 0.2) is 24.5 Å². The Kier molecular flexibility index (Phi) is 14.4. The van der Waals surface area contributed by atoms with Crippen molar-refractivity contribution in [3.8, 4) is 0 Å². The maximum atomic E-state index is 9.55. The number of nitrogen functional groups attached to an aromatic ring is 2. The van der Waals surface area contributed by atoms with Crippen LogP contribution in [-0.2, 0) is 35.5 Å². The monoisotopic (exact) mass is 646 g/mol. The fourth-order valence-corrected chi connectivity index (χ4v) is 5.64. The molecule has 0 radical (unpaired) electrons. The van der Waals surface area contributed by atoms with E-state index in [1.165, 1.54) is 9.75 Å². The van der Waals surface area contributed by atoms with Crippen LogP contribution >= 0.6 is 22.7 Å². The first-order valence-corrected chi connectivity index (χ1v) is 15.1. The van der Waals surface area contributed by atoms with E-state index in [4.69, 9.17) is 31.9 Å². The second kappa shape index (κ2) is 17.7. The SMILES string of the molecule is Cc1ncc(C[n+]2csc(CCO)c2C)c(N)n1.Cc1ncc(C[n+]2csc(CCO)c2C)c(N)n1.O=C(O)/C=C\C(=O)O. The number of thiazole rings is 2. The van der Waals surface area contributed by atoms with Crippen molar-refractivity contribution in [2.75, 3.05) is 24.7 Å². The Balaban J connectivity index is 0.000000248. The second-order valence-corrected chi connectivity index (χ2v) is 11.2. The molecular formula is C28H38N8O6S2+2. The van der Waals surface area contributed by atoms with E-state index in [0.29, 0.717) is 61.4 Å². The maximum absolute atomic E-state index is 9.55. The number of hydrogen-bond donors (Lipinski definition) is 6.